The van der Waals surface area contributed by atoms with Gasteiger partial charge in [0, 0.05) is 20.3 Å². The fraction of sp³-hybridized carbons (Fsp3) is 0.241. The average molecular weight is 644 g/mol. The molecule has 232 valence electrons. The number of hydrogen-bond donors (Lipinski definition) is 1. The van der Waals surface area contributed by atoms with Gasteiger partial charge in [-0.15, -0.1) is 0 Å². The van der Waals surface area contributed by atoms with Crippen LogP contribution in [0, 0.1) is 0 Å². The molecule has 0 atom stereocenters. The zero-order chi connectivity index (χ0) is 31.7. The molecule has 3 aromatic rings. The molecule has 0 unspecified atom stereocenters. The van der Waals surface area contributed by atoms with Crippen LogP contribution in [0.2, 0.25) is 0 Å². The van der Waals surface area contributed by atoms with E-state index in [1.54, 1.807) is 54.6 Å². The Balaban J connectivity index is 1.84. The van der Waals surface area contributed by atoms with E-state index >= 15 is 8.78 Å². The van der Waals surface area contributed by atoms with Crippen LogP contribution in [0.15, 0.2) is 118 Å². The Morgan fingerprint density at radius 2 is 1.21 bits per heavy atom. The first-order valence-electron chi connectivity index (χ1n) is 12.7. The summed E-state index contributed by atoms with van der Waals surface area (Å²) in [5.74, 6) is -5.93. The number of esters is 1. The van der Waals surface area contributed by atoms with Crippen molar-refractivity contribution >= 4 is 32.5 Å². The highest BCUT2D eigenvalue weighted by Gasteiger charge is 2.67. The smallest absolute Gasteiger partial charge is 0.432 e. The predicted molar refractivity (Wildman–Crippen MR) is 151 cm³/mol. The Labute approximate surface area is 248 Å². The lowest BCUT2D eigenvalue weighted by atomic mass is 10.2. The number of amides is 1. The van der Waals surface area contributed by atoms with Crippen LogP contribution in [-0.2, 0) is 28.0 Å². The summed E-state index contributed by atoms with van der Waals surface area (Å²) in [6, 6.07) is 22.9. The minimum absolute atomic E-state index is 0.111. The third-order valence-corrected chi connectivity index (χ3v) is 11.0. The van der Waals surface area contributed by atoms with E-state index in [4.69, 9.17) is 8.37 Å². The summed E-state index contributed by atoms with van der Waals surface area (Å²) in [6.07, 6.45) is -3.12. The van der Waals surface area contributed by atoms with Gasteiger partial charge < -0.3 is 14.8 Å². The fourth-order valence-corrected chi connectivity index (χ4v) is 8.88. The van der Waals surface area contributed by atoms with Gasteiger partial charge in [-0.2, -0.15) is 26.0 Å². The number of ether oxygens (including phenoxy) is 2. The summed E-state index contributed by atoms with van der Waals surface area (Å²) in [5, 5.41) is -3.65. The molecule has 3 aromatic carbocycles. The van der Waals surface area contributed by atoms with Gasteiger partial charge in [-0.05, 0) is 53.6 Å². The minimum Gasteiger partial charge on any atom is -0.460 e. The zero-order valence-corrected chi connectivity index (χ0v) is 24.5. The van der Waals surface area contributed by atoms with Crippen LogP contribution < -0.4 is 5.32 Å². The Bertz CT molecular complexity index is 1410. The van der Waals surface area contributed by atoms with Crippen LogP contribution in [0.3, 0.4) is 0 Å². The van der Waals surface area contributed by atoms with Gasteiger partial charge >= 0.3 is 33.4 Å². The number of halogens is 4. The average Bonchev–Trinajstić information content (AvgIpc) is 2.99. The van der Waals surface area contributed by atoms with Gasteiger partial charge in [0.2, 0.25) is 0 Å². The molecule has 1 amide bonds. The van der Waals surface area contributed by atoms with Crippen LogP contribution in [0.1, 0.15) is 13.3 Å². The molecule has 0 aliphatic rings. The molecule has 0 aliphatic heterocycles. The summed E-state index contributed by atoms with van der Waals surface area (Å²) in [4.78, 5) is 23.6. The summed E-state index contributed by atoms with van der Waals surface area (Å²) < 4.78 is 101. The molecular formula is C29H29F4NO7S2. The predicted octanol–water partition coefficient (Wildman–Crippen LogP) is 6.69. The Morgan fingerprint density at radius 3 is 1.63 bits per heavy atom. The van der Waals surface area contributed by atoms with Gasteiger partial charge in [0.25, 0.3) is 0 Å². The third kappa shape index (κ3) is 7.75. The van der Waals surface area contributed by atoms with E-state index in [0.717, 1.165) is 0 Å². The topological polar surface area (TPSA) is 108 Å². The molecule has 0 aromatic heterocycles. The molecule has 3 rings (SSSR count). The summed E-state index contributed by atoms with van der Waals surface area (Å²) in [6.45, 7) is 2.94. The lowest BCUT2D eigenvalue weighted by molar-refractivity contribution is -0.167. The number of hydrogen-bond acceptors (Lipinski definition) is 7. The van der Waals surface area contributed by atoms with Crippen molar-refractivity contribution in [3.63, 3.8) is 0 Å². The van der Waals surface area contributed by atoms with Crippen LogP contribution >= 0.6 is 10.3 Å². The molecule has 0 spiro atoms. The van der Waals surface area contributed by atoms with Crippen molar-refractivity contribution in [3.8, 4) is 0 Å². The highest BCUT2D eigenvalue weighted by atomic mass is 32.3. The maximum absolute atomic E-state index is 15.3. The quantitative estimate of drug-likeness (QED) is 0.0902. The van der Waals surface area contributed by atoms with Gasteiger partial charge in [-0.1, -0.05) is 61.2 Å². The molecule has 43 heavy (non-hydrogen) atoms. The van der Waals surface area contributed by atoms with Crippen molar-refractivity contribution < 1.29 is 48.7 Å². The second-order valence-electron chi connectivity index (χ2n) is 8.97. The lowest BCUT2D eigenvalue weighted by Gasteiger charge is -2.40. The van der Waals surface area contributed by atoms with Crippen molar-refractivity contribution in [2.24, 2.45) is 0 Å². The van der Waals surface area contributed by atoms with Crippen LogP contribution in [0.25, 0.3) is 0 Å². The molecule has 0 radical (unpaired) electrons. The van der Waals surface area contributed by atoms with Crippen LogP contribution in [-0.4, -0.2) is 51.4 Å². The molecule has 0 bridgehead atoms. The van der Waals surface area contributed by atoms with Gasteiger partial charge in [0.05, 0.1) is 19.6 Å². The van der Waals surface area contributed by atoms with Gasteiger partial charge in [0.15, 0.2) is 0 Å². The molecule has 1 N–H and O–H groups in total. The van der Waals surface area contributed by atoms with Gasteiger partial charge in [-0.25, -0.2) is 13.2 Å². The second kappa shape index (κ2) is 14.1. The summed E-state index contributed by atoms with van der Waals surface area (Å²) in [7, 11) is -9.89. The van der Waals surface area contributed by atoms with E-state index in [0.29, 0.717) is 0 Å². The van der Waals surface area contributed by atoms with Crippen LogP contribution in [0.5, 0.6) is 0 Å². The van der Waals surface area contributed by atoms with E-state index in [1.165, 1.54) is 43.3 Å². The lowest BCUT2D eigenvalue weighted by Crippen LogP contribution is -2.48. The highest BCUT2D eigenvalue weighted by molar-refractivity contribution is 8.33. The van der Waals surface area contributed by atoms with Gasteiger partial charge in [-0.3, -0.25) is 0 Å². The molecule has 14 heteroatoms. The molecule has 8 nitrogen and oxygen atoms in total. The van der Waals surface area contributed by atoms with Crippen molar-refractivity contribution in [2.45, 2.75) is 39.2 Å². The summed E-state index contributed by atoms with van der Waals surface area (Å²) in [5.41, 5.74) is 0.111. The molecule has 0 heterocycles. The maximum atomic E-state index is 15.3. The molecular weight excluding hydrogens is 614 g/mol. The third-order valence-electron chi connectivity index (χ3n) is 5.76. The van der Waals surface area contributed by atoms with E-state index in [9.17, 15) is 26.8 Å². The number of carbonyl (C=O) groups is 2. The number of rotatable bonds is 14. The number of benzene rings is 3. The molecule has 0 fully saturated rings. The second-order valence-corrected chi connectivity index (χ2v) is 13.5. The van der Waals surface area contributed by atoms with E-state index in [1.807, 2.05) is 0 Å². The number of nitrogens with one attached hydrogen (secondary N) is 1. The van der Waals surface area contributed by atoms with E-state index in [-0.39, 0.29) is 33.4 Å². The van der Waals surface area contributed by atoms with Crippen molar-refractivity contribution in [1.82, 2.24) is 5.32 Å². The summed E-state index contributed by atoms with van der Waals surface area (Å²) >= 11 is 0. The van der Waals surface area contributed by atoms with E-state index < -0.39 is 56.7 Å². The monoisotopic (exact) mass is 643 g/mol. The minimum atomic E-state index is -6.36. The molecule has 0 aliphatic carbocycles. The zero-order valence-electron chi connectivity index (χ0n) is 22.9. The van der Waals surface area contributed by atoms with Gasteiger partial charge in [0.1, 0.15) is 6.61 Å². The Kier molecular flexibility index (Phi) is 11.0. The first-order chi connectivity index (χ1) is 20.2. The fourth-order valence-electron chi connectivity index (χ4n) is 3.61. The normalized spacial score (nSPS) is 12.7. The number of carbonyl (C=O) groups excluding carboxylic acids is 2. The van der Waals surface area contributed by atoms with E-state index in [2.05, 4.69) is 16.6 Å². The molecule has 0 saturated carbocycles. The van der Waals surface area contributed by atoms with Crippen LogP contribution in [0.4, 0.5) is 22.4 Å². The Hall–Kier alpha value is -3.88. The van der Waals surface area contributed by atoms with Crippen molar-refractivity contribution in [1.29, 1.82) is 0 Å². The largest absolute Gasteiger partial charge is 0.460 e. The maximum Gasteiger partial charge on any atom is 0.432 e. The standard InChI is InChI=1S/C29H29F4NO7S2/c1-22(2)26(35)39-21-19-34-27(36)40-20-18-28(30,31)29(32,33)43(37,38)41-42(23-12-6-3-7-13-23,24-14-8-4-9-15-24)25-16-10-5-11-17-25/h3-17H,1,18-21H2,2H3,(H,34,36). The van der Waals surface area contributed by atoms with Crippen molar-refractivity contribution in [3.05, 3.63) is 103 Å². The van der Waals surface area contributed by atoms with Crippen molar-refractivity contribution in [2.75, 3.05) is 19.8 Å². The first kappa shape index (κ1) is 33.6. The molecule has 0 saturated heterocycles. The first-order valence-corrected chi connectivity index (χ1v) is 15.6. The SMILES string of the molecule is C=C(C)C(=O)OCCNC(=O)OCCC(F)(F)C(F)(F)S(=O)(=O)OS(c1ccccc1)(c1ccccc1)c1ccccc1. The highest BCUT2D eigenvalue weighted by Crippen LogP contribution is 2.70. The Morgan fingerprint density at radius 1 is 0.767 bits per heavy atom. The number of alkyl halides is 4. The number of alkyl carbamates (subject to hydrolysis) is 1.